The third kappa shape index (κ3) is 4.71. The minimum absolute atomic E-state index is 0.168. The van der Waals surface area contributed by atoms with Crippen molar-refractivity contribution in [3.8, 4) is 0 Å². The number of hydrogen-bond donors (Lipinski definition) is 1. The maximum absolute atomic E-state index is 12.4. The quantitative estimate of drug-likeness (QED) is 0.892. The van der Waals surface area contributed by atoms with Gasteiger partial charge < -0.3 is 10.6 Å². The summed E-state index contributed by atoms with van der Waals surface area (Å²) in [5.41, 5.74) is 6.43. The number of nitrogens with zero attached hydrogens (tertiary/aromatic N) is 1. The minimum atomic E-state index is -3.23. The van der Waals surface area contributed by atoms with Crippen LogP contribution in [0.1, 0.15) is 19.4 Å². The van der Waals surface area contributed by atoms with Crippen molar-refractivity contribution < 1.29 is 8.42 Å². The molecule has 1 aromatic carbocycles. The zero-order valence-electron chi connectivity index (χ0n) is 12.7. The van der Waals surface area contributed by atoms with E-state index < -0.39 is 9.84 Å². The fourth-order valence-electron chi connectivity index (χ4n) is 2.54. The van der Waals surface area contributed by atoms with Crippen molar-refractivity contribution in [1.82, 2.24) is 4.90 Å². The van der Waals surface area contributed by atoms with Gasteiger partial charge in [0.2, 0.25) is 0 Å². The van der Waals surface area contributed by atoms with Crippen LogP contribution in [0.25, 0.3) is 0 Å². The first-order valence-corrected chi connectivity index (χ1v) is 9.84. The second-order valence-corrected chi connectivity index (χ2v) is 9.97. The Labute approximate surface area is 132 Å². The van der Waals surface area contributed by atoms with E-state index in [2.05, 4.69) is 18.7 Å². The molecular formula is C15H24N2O2S2. The van der Waals surface area contributed by atoms with E-state index in [1.807, 2.05) is 17.8 Å². The topological polar surface area (TPSA) is 63.4 Å². The van der Waals surface area contributed by atoms with E-state index in [-0.39, 0.29) is 10.5 Å². The molecule has 0 bridgehead atoms. The molecule has 0 spiro atoms. The summed E-state index contributed by atoms with van der Waals surface area (Å²) in [7, 11) is -3.23. The van der Waals surface area contributed by atoms with Gasteiger partial charge in [-0.2, -0.15) is 11.8 Å². The summed E-state index contributed by atoms with van der Waals surface area (Å²) in [6.07, 6.45) is 0. The Balaban J connectivity index is 2.01. The Bertz CT molecular complexity index is 585. The van der Waals surface area contributed by atoms with E-state index in [1.165, 1.54) is 0 Å². The third-order valence-electron chi connectivity index (χ3n) is 3.67. The lowest BCUT2D eigenvalue weighted by Crippen LogP contribution is -2.44. The van der Waals surface area contributed by atoms with Gasteiger partial charge in [-0.25, -0.2) is 8.42 Å². The lowest BCUT2D eigenvalue weighted by Gasteiger charge is -2.37. The average Bonchev–Trinajstić information content (AvgIpc) is 2.44. The Morgan fingerprint density at radius 3 is 2.81 bits per heavy atom. The molecule has 2 N–H and O–H groups in total. The van der Waals surface area contributed by atoms with Gasteiger partial charge in [-0.15, -0.1) is 0 Å². The molecule has 1 aliphatic heterocycles. The van der Waals surface area contributed by atoms with E-state index in [1.54, 1.807) is 18.2 Å². The van der Waals surface area contributed by atoms with Crippen LogP contribution in [0.3, 0.4) is 0 Å². The van der Waals surface area contributed by atoms with Crippen LogP contribution in [0, 0.1) is 0 Å². The highest BCUT2D eigenvalue weighted by molar-refractivity contribution is 8.00. The molecule has 1 heterocycles. The van der Waals surface area contributed by atoms with Crippen LogP contribution in [-0.2, 0) is 16.4 Å². The van der Waals surface area contributed by atoms with Crippen molar-refractivity contribution >= 4 is 21.6 Å². The number of thioether (sulfide) groups is 1. The summed E-state index contributed by atoms with van der Waals surface area (Å²) in [4.78, 5) is 2.64. The Hall–Kier alpha value is -0.560. The summed E-state index contributed by atoms with van der Waals surface area (Å²) < 4.78 is 25.1. The van der Waals surface area contributed by atoms with E-state index in [0.717, 1.165) is 24.4 Å². The fourth-order valence-corrected chi connectivity index (χ4v) is 5.07. The van der Waals surface area contributed by atoms with Gasteiger partial charge in [0.15, 0.2) is 9.84 Å². The van der Waals surface area contributed by atoms with Crippen molar-refractivity contribution in [2.45, 2.75) is 30.0 Å². The molecule has 6 heteroatoms. The monoisotopic (exact) mass is 328 g/mol. The number of nitrogens with two attached hydrogens (primary N) is 1. The molecule has 21 heavy (non-hydrogen) atoms. The lowest BCUT2D eigenvalue weighted by molar-refractivity contribution is 0.274. The van der Waals surface area contributed by atoms with Crippen LogP contribution in [0.2, 0.25) is 0 Å². The van der Waals surface area contributed by atoms with Crippen LogP contribution >= 0.6 is 11.8 Å². The third-order valence-corrected chi connectivity index (χ3v) is 6.66. The highest BCUT2D eigenvalue weighted by Gasteiger charge is 2.27. The predicted octanol–water partition coefficient (Wildman–Crippen LogP) is 1.75. The molecule has 1 saturated heterocycles. The molecule has 2 rings (SSSR count). The van der Waals surface area contributed by atoms with Gasteiger partial charge >= 0.3 is 0 Å². The van der Waals surface area contributed by atoms with Crippen molar-refractivity contribution in [3.05, 3.63) is 29.8 Å². The van der Waals surface area contributed by atoms with Gasteiger partial charge in [-0.05, 0) is 31.5 Å². The molecule has 1 aliphatic rings. The summed E-state index contributed by atoms with van der Waals surface area (Å²) in [5, 5.41) is 0. The Morgan fingerprint density at radius 1 is 1.38 bits per heavy atom. The molecule has 0 aliphatic carbocycles. The van der Waals surface area contributed by atoms with Crippen LogP contribution in [0.15, 0.2) is 29.2 Å². The highest BCUT2D eigenvalue weighted by Crippen LogP contribution is 2.29. The zero-order valence-corrected chi connectivity index (χ0v) is 14.3. The van der Waals surface area contributed by atoms with E-state index in [4.69, 9.17) is 5.73 Å². The van der Waals surface area contributed by atoms with Gasteiger partial charge in [0, 0.05) is 36.7 Å². The molecule has 118 valence electrons. The molecule has 4 nitrogen and oxygen atoms in total. The van der Waals surface area contributed by atoms with Crippen LogP contribution in [-0.4, -0.2) is 49.2 Å². The molecule has 0 saturated carbocycles. The molecule has 0 unspecified atom stereocenters. The molecular weight excluding hydrogens is 304 g/mol. The van der Waals surface area contributed by atoms with Gasteiger partial charge in [-0.1, -0.05) is 12.1 Å². The normalized spacial score (nSPS) is 19.6. The van der Waals surface area contributed by atoms with Crippen molar-refractivity contribution in [2.75, 3.05) is 31.1 Å². The lowest BCUT2D eigenvalue weighted by atomic mass is 10.2. The van der Waals surface area contributed by atoms with Crippen LogP contribution < -0.4 is 5.73 Å². The van der Waals surface area contributed by atoms with Crippen molar-refractivity contribution in [2.24, 2.45) is 5.73 Å². The van der Waals surface area contributed by atoms with Gasteiger partial charge in [0.1, 0.15) is 0 Å². The first-order chi connectivity index (χ1) is 9.82. The van der Waals surface area contributed by atoms with Gasteiger partial charge in [0.05, 0.1) is 10.6 Å². The first-order valence-electron chi connectivity index (χ1n) is 7.20. The largest absolute Gasteiger partial charge is 0.326 e. The summed E-state index contributed by atoms with van der Waals surface area (Å²) >= 11 is 1.95. The maximum Gasteiger partial charge on any atom is 0.179 e. The van der Waals surface area contributed by atoms with Crippen molar-refractivity contribution in [3.63, 3.8) is 0 Å². The van der Waals surface area contributed by atoms with E-state index >= 15 is 0 Å². The smallest absolute Gasteiger partial charge is 0.179 e. The number of rotatable bonds is 5. The minimum Gasteiger partial charge on any atom is -0.326 e. The second-order valence-electron chi connectivity index (χ2n) is 6.05. The standard InChI is InChI=1S/C15H24N2O2S2/c1-15(2)12-17(6-8-20-15)7-9-21(18,19)14-5-3-4-13(10-14)11-16/h3-5,10H,6-9,11-12,16H2,1-2H3. The van der Waals surface area contributed by atoms with Crippen LogP contribution in [0.4, 0.5) is 0 Å². The molecule has 1 aromatic rings. The SMILES string of the molecule is CC1(C)CN(CCS(=O)(=O)c2cccc(CN)c2)CCS1. The van der Waals surface area contributed by atoms with Gasteiger partial charge in [-0.3, -0.25) is 0 Å². The molecule has 0 amide bonds. The van der Waals surface area contributed by atoms with Crippen molar-refractivity contribution in [1.29, 1.82) is 0 Å². The number of hydrogen-bond acceptors (Lipinski definition) is 5. The molecule has 0 radical (unpaired) electrons. The van der Waals surface area contributed by atoms with E-state index in [9.17, 15) is 8.42 Å². The zero-order chi connectivity index (χ0) is 15.5. The second kappa shape index (κ2) is 6.69. The predicted molar refractivity (Wildman–Crippen MR) is 89.4 cm³/mol. The highest BCUT2D eigenvalue weighted by atomic mass is 32.2. The fraction of sp³-hybridized carbons (Fsp3) is 0.600. The first kappa shape index (κ1) is 16.8. The summed E-state index contributed by atoms with van der Waals surface area (Å²) in [6, 6.07) is 6.95. The molecule has 0 aromatic heterocycles. The Morgan fingerprint density at radius 2 is 2.14 bits per heavy atom. The summed E-state index contributed by atoms with van der Waals surface area (Å²) in [5.74, 6) is 1.23. The maximum atomic E-state index is 12.4. The van der Waals surface area contributed by atoms with Gasteiger partial charge in [0.25, 0.3) is 0 Å². The summed E-state index contributed by atoms with van der Waals surface area (Å²) in [6.45, 7) is 7.29. The molecule has 0 atom stereocenters. The molecule has 1 fully saturated rings. The number of benzene rings is 1. The number of sulfone groups is 1. The average molecular weight is 329 g/mol. The van der Waals surface area contributed by atoms with E-state index in [0.29, 0.717) is 18.0 Å². The Kier molecular flexibility index (Phi) is 5.35. The van der Waals surface area contributed by atoms with Crippen LogP contribution in [0.5, 0.6) is 0 Å².